The first-order chi connectivity index (χ1) is 10.7. The molecule has 1 unspecified atom stereocenters. The predicted octanol–water partition coefficient (Wildman–Crippen LogP) is 4.22. The molecule has 0 aliphatic rings. The first kappa shape index (κ1) is 17.3. The monoisotopic (exact) mass is 339 g/mol. The zero-order valence-corrected chi connectivity index (χ0v) is 14.6. The quantitative estimate of drug-likeness (QED) is 0.576. The summed E-state index contributed by atoms with van der Waals surface area (Å²) in [5.41, 5.74) is 7.15. The number of aromatic nitrogens is 2. The van der Waals surface area contributed by atoms with E-state index in [1.807, 2.05) is 17.8 Å². The van der Waals surface area contributed by atoms with E-state index in [1.165, 1.54) is 0 Å². The van der Waals surface area contributed by atoms with E-state index in [2.05, 4.69) is 23.8 Å². The number of hydrogen-bond acceptors (Lipinski definition) is 5. The first-order valence-electron chi connectivity index (χ1n) is 7.57. The van der Waals surface area contributed by atoms with Crippen LogP contribution in [-0.4, -0.2) is 28.1 Å². The third-order valence-corrected chi connectivity index (χ3v) is 4.64. The molecule has 2 aromatic rings. The number of pyridine rings is 2. The lowest BCUT2D eigenvalue weighted by Crippen LogP contribution is -2.10. The van der Waals surface area contributed by atoms with Crippen molar-refractivity contribution < 1.29 is 4.74 Å². The van der Waals surface area contributed by atoms with E-state index in [4.69, 9.17) is 22.1 Å². The van der Waals surface area contributed by atoms with Gasteiger partial charge in [0.25, 0.3) is 0 Å². The summed E-state index contributed by atoms with van der Waals surface area (Å²) < 4.78 is 5.83. The maximum absolute atomic E-state index is 6.17. The van der Waals surface area contributed by atoms with Crippen molar-refractivity contribution in [3.8, 4) is 5.88 Å². The van der Waals surface area contributed by atoms with Crippen molar-refractivity contribution in [2.75, 3.05) is 18.1 Å². The van der Waals surface area contributed by atoms with Gasteiger partial charge in [-0.05, 0) is 41.4 Å². The number of nitrogens with two attached hydrogens (primary N) is 1. The number of rotatable bonds is 8. The molecule has 2 heterocycles. The second-order valence-electron chi connectivity index (χ2n) is 4.98. The van der Waals surface area contributed by atoms with Crippen LogP contribution < -0.4 is 10.5 Å². The van der Waals surface area contributed by atoms with Crippen molar-refractivity contribution in [2.24, 2.45) is 5.73 Å². The third-order valence-electron chi connectivity index (χ3n) is 3.45. The van der Waals surface area contributed by atoms with Crippen LogP contribution in [0.1, 0.15) is 38.3 Å². The van der Waals surface area contributed by atoms with Gasteiger partial charge in [0.1, 0.15) is 5.15 Å². The molecule has 2 aromatic heterocycles. The third kappa shape index (κ3) is 4.24. The van der Waals surface area contributed by atoms with Crippen molar-refractivity contribution in [3.05, 3.63) is 29.2 Å². The molecule has 6 heteroatoms. The fourth-order valence-electron chi connectivity index (χ4n) is 2.21. The molecule has 0 aliphatic carbocycles. The molecule has 0 aromatic carbocycles. The summed E-state index contributed by atoms with van der Waals surface area (Å²) in [7, 11) is 0. The summed E-state index contributed by atoms with van der Waals surface area (Å²) in [6.45, 7) is 4.86. The first-order valence-corrected chi connectivity index (χ1v) is 9.10. The molecule has 2 rings (SSSR count). The van der Waals surface area contributed by atoms with Crippen LogP contribution >= 0.6 is 23.4 Å². The SMILES string of the molecule is CCSCCCOc1ncc(C(N)CC)c2cc(Cl)ncc12. The highest BCUT2D eigenvalue weighted by Crippen LogP contribution is 2.31. The number of thioether (sulfide) groups is 1. The van der Waals surface area contributed by atoms with E-state index in [-0.39, 0.29) is 6.04 Å². The van der Waals surface area contributed by atoms with Crippen LogP contribution in [0.3, 0.4) is 0 Å². The van der Waals surface area contributed by atoms with E-state index in [0.717, 1.165) is 40.7 Å². The summed E-state index contributed by atoms with van der Waals surface area (Å²) in [5, 5.41) is 2.30. The molecule has 0 fully saturated rings. The molecular weight excluding hydrogens is 318 g/mol. The van der Waals surface area contributed by atoms with Gasteiger partial charge in [0.15, 0.2) is 0 Å². The van der Waals surface area contributed by atoms with E-state index < -0.39 is 0 Å². The normalized spacial score (nSPS) is 12.5. The molecule has 0 spiro atoms. The molecule has 0 radical (unpaired) electrons. The molecule has 0 amide bonds. The Balaban J connectivity index is 2.25. The van der Waals surface area contributed by atoms with E-state index >= 15 is 0 Å². The highest BCUT2D eigenvalue weighted by molar-refractivity contribution is 7.99. The van der Waals surface area contributed by atoms with Crippen LogP contribution in [0.2, 0.25) is 5.15 Å². The van der Waals surface area contributed by atoms with Crippen LogP contribution in [0.25, 0.3) is 10.8 Å². The molecular formula is C16H22ClN3OS. The van der Waals surface area contributed by atoms with Gasteiger partial charge in [0.05, 0.1) is 12.0 Å². The molecule has 0 saturated heterocycles. The Labute approximate surface area is 140 Å². The van der Waals surface area contributed by atoms with Crippen molar-refractivity contribution in [3.63, 3.8) is 0 Å². The number of nitrogens with zero attached hydrogens (tertiary/aromatic N) is 2. The minimum absolute atomic E-state index is 0.0662. The fraction of sp³-hybridized carbons (Fsp3) is 0.500. The maximum Gasteiger partial charge on any atom is 0.222 e. The topological polar surface area (TPSA) is 61.0 Å². The smallest absolute Gasteiger partial charge is 0.222 e. The Kier molecular flexibility index (Phi) is 6.73. The van der Waals surface area contributed by atoms with Gasteiger partial charge in [-0.3, -0.25) is 0 Å². The molecule has 22 heavy (non-hydrogen) atoms. The van der Waals surface area contributed by atoms with Crippen LogP contribution in [0.15, 0.2) is 18.5 Å². The van der Waals surface area contributed by atoms with Crippen LogP contribution in [0.4, 0.5) is 0 Å². The average Bonchev–Trinajstić information content (AvgIpc) is 2.53. The standard InChI is InChI=1S/C16H22ClN3OS/c1-3-14(18)12-9-20-16(21-6-5-7-22-4-2)13-10-19-15(17)8-11(12)13/h8-10,14H,3-7,18H2,1-2H3. The van der Waals surface area contributed by atoms with Crippen molar-refractivity contribution in [1.82, 2.24) is 9.97 Å². The molecule has 120 valence electrons. The second kappa shape index (κ2) is 8.56. The van der Waals surface area contributed by atoms with Crippen LogP contribution in [0, 0.1) is 0 Å². The van der Waals surface area contributed by atoms with Gasteiger partial charge < -0.3 is 10.5 Å². The fourth-order valence-corrected chi connectivity index (χ4v) is 2.98. The lowest BCUT2D eigenvalue weighted by molar-refractivity contribution is 0.310. The van der Waals surface area contributed by atoms with Gasteiger partial charge in [-0.15, -0.1) is 0 Å². The van der Waals surface area contributed by atoms with E-state index in [9.17, 15) is 0 Å². The van der Waals surface area contributed by atoms with Gasteiger partial charge in [-0.25, -0.2) is 9.97 Å². The Bertz CT molecular complexity index is 624. The molecule has 4 nitrogen and oxygen atoms in total. The second-order valence-corrected chi connectivity index (χ2v) is 6.77. The summed E-state index contributed by atoms with van der Waals surface area (Å²) in [6, 6.07) is 1.77. The number of ether oxygens (including phenoxy) is 1. The number of hydrogen-bond donors (Lipinski definition) is 1. The summed E-state index contributed by atoms with van der Waals surface area (Å²) >= 11 is 7.95. The molecule has 1 atom stereocenters. The average molecular weight is 340 g/mol. The van der Waals surface area contributed by atoms with E-state index in [0.29, 0.717) is 17.6 Å². The minimum atomic E-state index is -0.0662. The maximum atomic E-state index is 6.17. The van der Waals surface area contributed by atoms with Gasteiger partial charge in [0.2, 0.25) is 5.88 Å². The van der Waals surface area contributed by atoms with Crippen molar-refractivity contribution in [1.29, 1.82) is 0 Å². The van der Waals surface area contributed by atoms with Crippen molar-refractivity contribution in [2.45, 2.75) is 32.7 Å². The highest BCUT2D eigenvalue weighted by atomic mass is 35.5. The molecule has 2 N–H and O–H groups in total. The predicted molar refractivity (Wildman–Crippen MR) is 94.9 cm³/mol. The Morgan fingerprint density at radius 3 is 2.82 bits per heavy atom. The van der Waals surface area contributed by atoms with E-state index in [1.54, 1.807) is 12.4 Å². The van der Waals surface area contributed by atoms with Crippen LogP contribution in [-0.2, 0) is 0 Å². The van der Waals surface area contributed by atoms with Gasteiger partial charge in [0, 0.05) is 18.4 Å². The van der Waals surface area contributed by atoms with Crippen molar-refractivity contribution >= 4 is 34.1 Å². The summed E-state index contributed by atoms with van der Waals surface area (Å²) in [6.07, 6.45) is 5.35. The lowest BCUT2D eigenvalue weighted by atomic mass is 10.0. The Morgan fingerprint density at radius 2 is 2.09 bits per heavy atom. The summed E-state index contributed by atoms with van der Waals surface area (Å²) in [4.78, 5) is 8.58. The Hall–Kier alpha value is -1.04. The van der Waals surface area contributed by atoms with Gasteiger partial charge in [-0.1, -0.05) is 25.4 Å². The number of halogens is 1. The highest BCUT2D eigenvalue weighted by Gasteiger charge is 2.14. The zero-order valence-electron chi connectivity index (χ0n) is 13.0. The summed E-state index contributed by atoms with van der Waals surface area (Å²) in [5.74, 6) is 2.83. The van der Waals surface area contributed by atoms with Gasteiger partial charge >= 0.3 is 0 Å². The zero-order chi connectivity index (χ0) is 15.9. The molecule has 0 saturated carbocycles. The minimum Gasteiger partial charge on any atom is -0.477 e. The Morgan fingerprint density at radius 1 is 1.27 bits per heavy atom. The molecule has 0 bridgehead atoms. The number of fused-ring (bicyclic) bond motifs is 1. The van der Waals surface area contributed by atoms with Crippen LogP contribution in [0.5, 0.6) is 5.88 Å². The largest absolute Gasteiger partial charge is 0.477 e. The van der Waals surface area contributed by atoms with Gasteiger partial charge in [-0.2, -0.15) is 11.8 Å². The molecule has 0 aliphatic heterocycles. The lowest BCUT2D eigenvalue weighted by Gasteiger charge is -2.15.